The molecular weight excluding hydrogens is 338 g/mol. The topological polar surface area (TPSA) is 135 Å². The molecule has 0 saturated heterocycles. The van der Waals surface area contributed by atoms with Crippen LogP contribution in [-0.2, 0) is 0 Å². The monoisotopic (exact) mass is 343 g/mol. The summed E-state index contributed by atoms with van der Waals surface area (Å²) in [5, 5.41) is 28.3. The number of amidine groups is 1. The number of nitriles is 1. The number of nitrogens with two attached hydrogens (primary N) is 1. The molecule has 0 aliphatic carbocycles. The van der Waals surface area contributed by atoms with Gasteiger partial charge in [0.25, 0.3) is 0 Å². The molecule has 9 heteroatoms. The fraction of sp³-hybridized carbons (Fsp3) is 0. The first-order chi connectivity index (χ1) is 8.88. The van der Waals surface area contributed by atoms with E-state index in [-0.39, 0.29) is 22.0 Å². The molecule has 0 aromatic heterocycles. The molecule has 0 heterocycles. The fourth-order valence-corrected chi connectivity index (χ4v) is 1.69. The van der Waals surface area contributed by atoms with E-state index in [9.17, 15) is 4.79 Å². The van der Waals surface area contributed by atoms with E-state index in [1.54, 1.807) is 6.07 Å². The summed E-state index contributed by atoms with van der Waals surface area (Å²) in [7, 11) is 0. The lowest BCUT2D eigenvalue weighted by Crippen LogP contribution is -2.22. The van der Waals surface area contributed by atoms with Gasteiger partial charge in [-0.25, -0.2) is 4.79 Å². The van der Waals surface area contributed by atoms with E-state index >= 15 is 0 Å². The summed E-state index contributed by atoms with van der Waals surface area (Å²) in [6, 6.07) is 4.53. The Bertz CT molecular complexity index is 623. The molecule has 0 unspecified atom stereocenters. The number of aromatic carboxylic acids is 1. The molecule has 0 aliphatic heterocycles. The molecule has 1 aromatic carbocycles. The second kappa shape index (κ2) is 6.17. The van der Waals surface area contributed by atoms with Crippen LogP contribution in [-0.4, -0.2) is 22.6 Å². The third kappa shape index (κ3) is 3.43. The fourth-order valence-electron chi connectivity index (χ4n) is 1.11. The summed E-state index contributed by atoms with van der Waals surface area (Å²) in [5.74, 6) is -1.79. The molecule has 0 saturated carbocycles. The number of anilines is 1. The van der Waals surface area contributed by atoms with E-state index in [0.717, 1.165) is 0 Å². The zero-order valence-corrected chi connectivity index (χ0v) is 11.6. The van der Waals surface area contributed by atoms with Crippen LogP contribution in [0.3, 0.4) is 0 Å². The summed E-state index contributed by atoms with van der Waals surface area (Å²) >= 11 is 8.96. The van der Waals surface area contributed by atoms with Crippen LogP contribution in [0.15, 0.2) is 21.7 Å². The van der Waals surface area contributed by atoms with Crippen molar-refractivity contribution < 1.29 is 9.90 Å². The lowest BCUT2D eigenvalue weighted by molar-refractivity contribution is 0.0698. The number of halogens is 2. The van der Waals surface area contributed by atoms with E-state index in [4.69, 9.17) is 33.1 Å². The van der Waals surface area contributed by atoms with Gasteiger partial charge in [0.1, 0.15) is 11.6 Å². The molecule has 7 nitrogen and oxygen atoms in total. The molecule has 0 spiro atoms. The first-order valence-electron chi connectivity index (χ1n) is 4.68. The van der Waals surface area contributed by atoms with Gasteiger partial charge in [-0.05, 0) is 28.1 Å². The van der Waals surface area contributed by atoms with Crippen molar-refractivity contribution in [2.75, 3.05) is 5.43 Å². The maximum atomic E-state index is 11.1. The normalized spacial score (nSPS) is 10.7. The Morgan fingerprint density at radius 3 is 2.74 bits per heavy atom. The van der Waals surface area contributed by atoms with E-state index in [1.807, 2.05) is 0 Å². The quantitative estimate of drug-likeness (QED) is 0.376. The molecule has 1 rings (SSSR count). The largest absolute Gasteiger partial charge is 0.478 e. The number of hydrazone groups is 1. The van der Waals surface area contributed by atoms with Gasteiger partial charge in [-0.1, -0.05) is 11.6 Å². The van der Waals surface area contributed by atoms with Crippen LogP contribution in [0.2, 0.25) is 5.02 Å². The summed E-state index contributed by atoms with van der Waals surface area (Å²) in [6.45, 7) is 0. The maximum Gasteiger partial charge on any atom is 0.339 e. The second-order valence-corrected chi connectivity index (χ2v) is 4.42. The third-order valence-corrected chi connectivity index (χ3v) is 3.24. The van der Waals surface area contributed by atoms with Crippen LogP contribution in [0.4, 0.5) is 5.69 Å². The highest BCUT2D eigenvalue weighted by atomic mass is 79.9. The van der Waals surface area contributed by atoms with Crippen LogP contribution in [0, 0.1) is 16.7 Å². The lowest BCUT2D eigenvalue weighted by Gasteiger charge is -2.08. The first kappa shape index (κ1) is 14.9. The molecule has 0 amide bonds. The predicted octanol–water partition coefficient (Wildman–Crippen LogP) is 2.03. The van der Waals surface area contributed by atoms with Crippen LogP contribution in [0.1, 0.15) is 10.4 Å². The number of hydrogen-bond acceptors (Lipinski definition) is 5. The highest BCUT2D eigenvalue weighted by molar-refractivity contribution is 9.10. The average molecular weight is 345 g/mol. The number of nitrogens with zero attached hydrogens (tertiary/aromatic N) is 2. The summed E-state index contributed by atoms with van der Waals surface area (Å²) < 4.78 is 0.410. The Morgan fingerprint density at radius 2 is 2.26 bits per heavy atom. The van der Waals surface area contributed by atoms with Crippen molar-refractivity contribution in [1.82, 2.24) is 0 Å². The predicted molar refractivity (Wildman–Crippen MR) is 74.7 cm³/mol. The maximum absolute atomic E-state index is 11.1. The van der Waals surface area contributed by atoms with Gasteiger partial charge in [0.2, 0.25) is 5.71 Å². The zero-order valence-electron chi connectivity index (χ0n) is 9.24. The van der Waals surface area contributed by atoms with Crippen molar-refractivity contribution in [1.29, 1.82) is 10.7 Å². The van der Waals surface area contributed by atoms with E-state index < -0.39 is 11.8 Å². The van der Waals surface area contributed by atoms with Crippen molar-refractivity contribution in [3.8, 4) is 6.07 Å². The Kier molecular flexibility index (Phi) is 4.86. The van der Waals surface area contributed by atoms with Crippen LogP contribution >= 0.6 is 27.5 Å². The van der Waals surface area contributed by atoms with Gasteiger partial charge in [-0.2, -0.15) is 10.4 Å². The molecule has 19 heavy (non-hydrogen) atoms. The SMILES string of the molecule is N#C/C(=N\Nc1ccc(Br)c(Cl)c1C(=O)O)C(=N)N. The molecule has 98 valence electrons. The Morgan fingerprint density at radius 1 is 1.63 bits per heavy atom. The number of carboxylic acids is 1. The highest BCUT2D eigenvalue weighted by Crippen LogP contribution is 2.31. The number of carbonyl (C=O) groups is 1. The number of rotatable bonds is 4. The minimum absolute atomic E-state index is 0.00553. The van der Waals surface area contributed by atoms with E-state index in [1.165, 1.54) is 12.1 Å². The van der Waals surface area contributed by atoms with Gasteiger partial charge < -0.3 is 10.8 Å². The Labute approximate surface area is 121 Å². The molecule has 0 aliphatic rings. The van der Waals surface area contributed by atoms with E-state index in [2.05, 4.69) is 26.5 Å². The van der Waals surface area contributed by atoms with Gasteiger partial charge in [-0.15, -0.1) is 0 Å². The zero-order chi connectivity index (χ0) is 14.6. The van der Waals surface area contributed by atoms with Crippen molar-refractivity contribution in [2.24, 2.45) is 10.8 Å². The van der Waals surface area contributed by atoms with Gasteiger partial charge in [0.15, 0.2) is 5.84 Å². The van der Waals surface area contributed by atoms with Crippen LogP contribution in [0.5, 0.6) is 0 Å². The Hall–Kier alpha value is -2.11. The highest BCUT2D eigenvalue weighted by Gasteiger charge is 2.17. The summed E-state index contributed by atoms with van der Waals surface area (Å²) in [4.78, 5) is 11.1. The van der Waals surface area contributed by atoms with Crippen molar-refractivity contribution in [3.05, 3.63) is 27.2 Å². The van der Waals surface area contributed by atoms with Gasteiger partial charge >= 0.3 is 5.97 Å². The van der Waals surface area contributed by atoms with Crippen LogP contribution < -0.4 is 11.2 Å². The number of benzene rings is 1. The van der Waals surface area contributed by atoms with Crippen LogP contribution in [0.25, 0.3) is 0 Å². The number of nitrogens with one attached hydrogen (secondary N) is 2. The molecule has 1 aromatic rings. The van der Waals surface area contributed by atoms with E-state index in [0.29, 0.717) is 4.47 Å². The van der Waals surface area contributed by atoms with Crippen molar-refractivity contribution in [2.45, 2.75) is 0 Å². The standard InChI is InChI=1S/C10H7BrClN5O2/c11-4-1-2-5(7(8(4)12)10(18)19)16-17-6(3-13)9(14)15/h1-2,16H,(H3,14,15)(H,18,19)/b17-6+. The number of carboxylic acid groups (broad SMARTS) is 1. The van der Waals surface area contributed by atoms with Gasteiger partial charge in [0, 0.05) is 4.47 Å². The molecule has 5 N–H and O–H groups in total. The average Bonchev–Trinajstić information content (AvgIpc) is 2.33. The molecular formula is C10H7BrClN5O2. The molecule has 0 fully saturated rings. The second-order valence-electron chi connectivity index (χ2n) is 3.19. The summed E-state index contributed by atoms with van der Waals surface area (Å²) in [5.41, 5.74) is 6.96. The van der Waals surface area contributed by atoms with Crippen molar-refractivity contribution >= 4 is 50.7 Å². The van der Waals surface area contributed by atoms with Gasteiger partial charge in [-0.3, -0.25) is 10.8 Å². The minimum atomic E-state index is -1.26. The van der Waals surface area contributed by atoms with Gasteiger partial charge in [0.05, 0.1) is 10.7 Å². The first-order valence-corrected chi connectivity index (χ1v) is 5.85. The molecule has 0 radical (unpaired) electrons. The Balaban J connectivity index is 3.23. The number of hydrogen-bond donors (Lipinski definition) is 4. The minimum Gasteiger partial charge on any atom is -0.478 e. The smallest absolute Gasteiger partial charge is 0.339 e. The van der Waals surface area contributed by atoms with Crippen molar-refractivity contribution in [3.63, 3.8) is 0 Å². The summed E-state index contributed by atoms with van der Waals surface area (Å²) in [6.07, 6.45) is 0. The molecule has 0 bridgehead atoms. The lowest BCUT2D eigenvalue weighted by atomic mass is 10.2. The third-order valence-electron chi connectivity index (χ3n) is 1.96. The molecule has 0 atom stereocenters.